The zero-order valence-corrected chi connectivity index (χ0v) is 19.1. The van der Waals surface area contributed by atoms with Crippen molar-refractivity contribution in [2.24, 2.45) is 0 Å². The number of nitro groups is 1. The molecule has 2 aromatic carbocycles. The Morgan fingerprint density at radius 1 is 1.06 bits per heavy atom. The van der Waals surface area contributed by atoms with E-state index in [4.69, 9.17) is 0 Å². The average molecular weight is 470 g/mol. The van der Waals surface area contributed by atoms with Gasteiger partial charge in [-0.15, -0.1) is 11.3 Å². The zero-order chi connectivity index (χ0) is 24.0. The van der Waals surface area contributed by atoms with Gasteiger partial charge in [-0.25, -0.2) is 4.39 Å². The van der Waals surface area contributed by atoms with Gasteiger partial charge in [0, 0.05) is 35.2 Å². The first-order valence-electron chi connectivity index (χ1n) is 10.3. The molecule has 0 aliphatic heterocycles. The number of hydrogen-bond acceptors (Lipinski definition) is 5. The summed E-state index contributed by atoms with van der Waals surface area (Å²) in [6.07, 6.45) is 0. The van der Waals surface area contributed by atoms with Crippen molar-refractivity contribution in [3.63, 3.8) is 0 Å². The van der Waals surface area contributed by atoms with E-state index >= 15 is 0 Å². The second-order valence-corrected chi connectivity index (χ2v) is 8.82. The number of amides is 2. The molecule has 9 heteroatoms. The molecule has 0 spiro atoms. The summed E-state index contributed by atoms with van der Waals surface area (Å²) in [5.74, 6) is -1.09. The lowest BCUT2D eigenvalue weighted by Gasteiger charge is -2.30. The Morgan fingerprint density at radius 3 is 2.39 bits per heavy atom. The van der Waals surface area contributed by atoms with Gasteiger partial charge in [-0.1, -0.05) is 24.3 Å². The van der Waals surface area contributed by atoms with E-state index < -0.39 is 10.8 Å². The molecule has 1 aromatic heterocycles. The largest absolute Gasteiger partial charge is 0.332 e. The van der Waals surface area contributed by atoms with Crippen LogP contribution in [-0.4, -0.2) is 39.1 Å². The maximum absolute atomic E-state index is 13.3. The third-order valence-electron chi connectivity index (χ3n) is 5.06. The number of halogens is 1. The van der Waals surface area contributed by atoms with Crippen molar-refractivity contribution in [2.75, 3.05) is 6.54 Å². The Labute approximate surface area is 195 Å². The standard InChI is InChI=1S/C24H24FN3O4S/c1-17(2)27(24(30)19-5-3-6-21(13-19)28(31)32)16-23(29)26(15-22-7-4-12-33-22)14-18-8-10-20(25)11-9-18/h3-13,17H,14-16H2,1-2H3. The van der Waals surface area contributed by atoms with E-state index in [1.54, 1.807) is 30.9 Å². The van der Waals surface area contributed by atoms with Crippen molar-refractivity contribution in [3.05, 3.63) is 98.0 Å². The zero-order valence-electron chi connectivity index (χ0n) is 18.3. The van der Waals surface area contributed by atoms with E-state index in [0.717, 1.165) is 10.4 Å². The van der Waals surface area contributed by atoms with Crippen LogP contribution in [0.1, 0.15) is 34.6 Å². The molecule has 7 nitrogen and oxygen atoms in total. The molecule has 0 unspecified atom stereocenters. The van der Waals surface area contributed by atoms with Crippen LogP contribution in [0.25, 0.3) is 0 Å². The molecular weight excluding hydrogens is 445 g/mol. The molecule has 0 radical (unpaired) electrons. The molecule has 0 bridgehead atoms. The maximum Gasteiger partial charge on any atom is 0.270 e. The van der Waals surface area contributed by atoms with Crippen LogP contribution in [0.5, 0.6) is 0 Å². The number of non-ortho nitro benzene ring substituents is 1. The molecule has 172 valence electrons. The fraction of sp³-hybridized carbons (Fsp3) is 0.250. The van der Waals surface area contributed by atoms with Crippen LogP contribution in [-0.2, 0) is 17.9 Å². The molecule has 0 fully saturated rings. The summed E-state index contributed by atoms with van der Waals surface area (Å²) < 4.78 is 13.3. The van der Waals surface area contributed by atoms with Crippen molar-refractivity contribution in [2.45, 2.75) is 33.0 Å². The molecule has 33 heavy (non-hydrogen) atoms. The van der Waals surface area contributed by atoms with E-state index in [1.807, 2.05) is 17.5 Å². The smallest absolute Gasteiger partial charge is 0.270 e. The molecule has 0 atom stereocenters. The Bertz CT molecular complexity index is 1120. The number of hydrogen-bond donors (Lipinski definition) is 0. The summed E-state index contributed by atoms with van der Waals surface area (Å²) in [5, 5.41) is 13.0. The van der Waals surface area contributed by atoms with Crippen LogP contribution < -0.4 is 0 Å². The average Bonchev–Trinajstić information content (AvgIpc) is 3.31. The van der Waals surface area contributed by atoms with E-state index in [1.165, 1.54) is 52.6 Å². The first-order valence-corrected chi connectivity index (χ1v) is 11.2. The van der Waals surface area contributed by atoms with E-state index in [-0.39, 0.29) is 42.1 Å². The molecule has 0 aliphatic carbocycles. The summed E-state index contributed by atoms with van der Waals surface area (Å²) in [6.45, 7) is 3.99. The van der Waals surface area contributed by atoms with E-state index in [2.05, 4.69) is 0 Å². The Balaban J connectivity index is 1.82. The highest BCUT2D eigenvalue weighted by Gasteiger charge is 2.26. The molecule has 0 saturated carbocycles. The van der Waals surface area contributed by atoms with Crippen molar-refractivity contribution in [1.29, 1.82) is 0 Å². The first-order chi connectivity index (χ1) is 15.7. The molecule has 1 heterocycles. The monoisotopic (exact) mass is 469 g/mol. The van der Waals surface area contributed by atoms with Gasteiger partial charge in [0.1, 0.15) is 12.4 Å². The van der Waals surface area contributed by atoms with Crippen LogP contribution in [0.3, 0.4) is 0 Å². The highest BCUT2D eigenvalue weighted by molar-refractivity contribution is 7.09. The maximum atomic E-state index is 13.3. The highest BCUT2D eigenvalue weighted by atomic mass is 32.1. The highest BCUT2D eigenvalue weighted by Crippen LogP contribution is 2.19. The van der Waals surface area contributed by atoms with Crippen molar-refractivity contribution in [1.82, 2.24) is 9.80 Å². The van der Waals surface area contributed by atoms with Crippen LogP contribution in [0.15, 0.2) is 66.0 Å². The van der Waals surface area contributed by atoms with Crippen LogP contribution in [0.2, 0.25) is 0 Å². The molecule has 3 aromatic rings. The Kier molecular flexibility index (Phi) is 7.89. The predicted octanol–water partition coefficient (Wildman–Crippen LogP) is 4.88. The Morgan fingerprint density at radius 2 is 1.79 bits per heavy atom. The number of carbonyl (C=O) groups excluding carboxylic acids is 2. The van der Waals surface area contributed by atoms with E-state index in [0.29, 0.717) is 6.54 Å². The minimum atomic E-state index is -0.562. The lowest BCUT2D eigenvalue weighted by Crippen LogP contribution is -2.45. The number of carbonyl (C=O) groups is 2. The number of rotatable bonds is 9. The second-order valence-electron chi connectivity index (χ2n) is 7.79. The normalized spacial score (nSPS) is 10.8. The number of benzene rings is 2. The summed E-state index contributed by atoms with van der Waals surface area (Å²) in [7, 11) is 0. The Hall–Kier alpha value is -3.59. The van der Waals surface area contributed by atoms with Crippen LogP contribution >= 0.6 is 11.3 Å². The van der Waals surface area contributed by atoms with Gasteiger partial charge in [0.15, 0.2) is 0 Å². The SMILES string of the molecule is CC(C)N(CC(=O)N(Cc1ccc(F)cc1)Cc1cccs1)C(=O)c1cccc([N+](=O)[O-])c1. The minimum absolute atomic E-state index is 0.147. The molecule has 2 amide bonds. The van der Waals surface area contributed by atoms with Gasteiger partial charge in [-0.05, 0) is 49.1 Å². The van der Waals surface area contributed by atoms with Crippen molar-refractivity contribution in [3.8, 4) is 0 Å². The van der Waals surface area contributed by atoms with Crippen LogP contribution in [0.4, 0.5) is 10.1 Å². The fourth-order valence-electron chi connectivity index (χ4n) is 3.29. The molecule has 3 rings (SSSR count). The van der Waals surface area contributed by atoms with Crippen molar-refractivity contribution >= 4 is 28.8 Å². The van der Waals surface area contributed by atoms with Gasteiger partial charge in [0.2, 0.25) is 5.91 Å². The van der Waals surface area contributed by atoms with Gasteiger partial charge in [-0.2, -0.15) is 0 Å². The topological polar surface area (TPSA) is 83.8 Å². The molecule has 0 aliphatic rings. The molecule has 0 N–H and O–H groups in total. The summed E-state index contributed by atoms with van der Waals surface area (Å²) in [4.78, 5) is 41.0. The van der Waals surface area contributed by atoms with E-state index in [9.17, 15) is 24.1 Å². The summed E-state index contributed by atoms with van der Waals surface area (Å²) in [5.41, 5.74) is 0.725. The number of nitrogens with zero attached hydrogens (tertiary/aromatic N) is 3. The van der Waals surface area contributed by atoms with Crippen LogP contribution in [0, 0.1) is 15.9 Å². The third-order valence-corrected chi connectivity index (χ3v) is 5.92. The van der Waals surface area contributed by atoms with Gasteiger partial charge >= 0.3 is 0 Å². The quantitative estimate of drug-likeness (QED) is 0.330. The fourth-order valence-corrected chi connectivity index (χ4v) is 4.01. The minimum Gasteiger partial charge on any atom is -0.332 e. The third kappa shape index (κ3) is 6.45. The lowest BCUT2D eigenvalue weighted by atomic mass is 10.1. The summed E-state index contributed by atoms with van der Waals surface area (Å²) >= 11 is 1.52. The number of thiophene rings is 1. The first kappa shape index (κ1) is 24.1. The van der Waals surface area contributed by atoms with Gasteiger partial charge in [0.25, 0.3) is 11.6 Å². The molecule has 0 saturated heterocycles. The lowest BCUT2D eigenvalue weighted by molar-refractivity contribution is -0.384. The van der Waals surface area contributed by atoms with Gasteiger partial charge < -0.3 is 9.80 Å². The second kappa shape index (κ2) is 10.8. The van der Waals surface area contributed by atoms with Gasteiger partial charge in [-0.3, -0.25) is 19.7 Å². The summed E-state index contributed by atoms with van der Waals surface area (Å²) in [6, 6.07) is 14.9. The van der Waals surface area contributed by atoms with Crippen molar-refractivity contribution < 1.29 is 18.9 Å². The predicted molar refractivity (Wildman–Crippen MR) is 124 cm³/mol. The van der Waals surface area contributed by atoms with Gasteiger partial charge in [0.05, 0.1) is 11.5 Å². The number of nitro benzene ring substituents is 1. The molecular formula is C24H24FN3O4S.